The number of anilines is 1. The van der Waals surface area contributed by atoms with Crippen LogP contribution in [0.1, 0.15) is 36.2 Å². The van der Waals surface area contributed by atoms with Crippen molar-refractivity contribution in [1.82, 2.24) is 20.6 Å². The van der Waals surface area contributed by atoms with Gasteiger partial charge in [-0.1, -0.05) is 0 Å². The predicted molar refractivity (Wildman–Crippen MR) is 101 cm³/mol. The normalized spacial score (nSPS) is 22.6. The van der Waals surface area contributed by atoms with E-state index in [0.29, 0.717) is 11.7 Å². The zero-order valence-corrected chi connectivity index (χ0v) is 15.4. The summed E-state index contributed by atoms with van der Waals surface area (Å²) in [6.45, 7) is 1.57. The van der Waals surface area contributed by atoms with Crippen LogP contribution in [-0.2, 0) is 0 Å². The number of piperidine rings is 1. The third-order valence-corrected chi connectivity index (χ3v) is 5.62. The van der Waals surface area contributed by atoms with Crippen molar-refractivity contribution in [3.05, 3.63) is 54.1 Å². The van der Waals surface area contributed by atoms with Gasteiger partial charge in [0.1, 0.15) is 12.0 Å². The van der Waals surface area contributed by atoms with Crippen LogP contribution in [0.5, 0.6) is 0 Å². The molecule has 1 aliphatic heterocycles. The fraction of sp³-hybridized carbons (Fsp3) is 0.450. The number of halogens is 2. The van der Waals surface area contributed by atoms with E-state index in [1.807, 2.05) is 0 Å². The number of hydrogen-bond acceptors (Lipinski definition) is 5. The summed E-state index contributed by atoms with van der Waals surface area (Å²) in [5, 5.41) is 6.69. The van der Waals surface area contributed by atoms with Crippen LogP contribution in [0.25, 0.3) is 0 Å². The highest BCUT2D eigenvalue weighted by atomic mass is 19.2. The molecule has 2 aliphatic rings. The number of nitrogens with zero attached hydrogens (tertiary/aromatic N) is 3. The van der Waals surface area contributed by atoms with Gasteiger partial charge in [0.2, 0.25) is 0 Å². The Kier molecular flexibility index (Phi) is 5.47. The maximum atomic E-state index is 13.4. The minimum Gasteiger partial charge on any atom is -0.371 e. The lowest BCUT2D eigenvalue weighted by Gasteiger charge is -2.42. The second kappa shape index (κ2) is 8.18. The highest BCUT2D eigenvalue weighted by Gasteiger charge is 2.34. The lowest BCUT2D eigenvalue weighted by atomic mass is 9.85. The van der Waals surface area contributed by atoms with Crippen molar-refractivity contribution in [2.45, 2.75) is 43.8 Å². The summed E-state index contributed by atoms with van der Waals surface area (Å²) in [7, 11) is 0. The quantitative estimate of drug-likeness (QED) is 0.824. The van der Waals surface area contributed by atoms with Gasteiger partial charge in [0.05, 0.1) is 0 Å². The molecular weight excluding hydrogens is 364 g/mol. The SMILES string of the molecule is O=C(N[C@H]1CC[C@H]1NC1CCN(c2ccc(F)c(F)c2)CC1)c1ccncn1. The summed E-state index contributed by atoms with van der Waals surface area (Å²) < 4.78 is 26.6. The molecular formula is C20H23F2N5O. The first-order chi connectivity index (χ1) is 13.6. The molecule has 1 aliphatic carbocycles. The molecule has 0 radical (unpaired) electrons. The molecule has 2 heterocycles. The third kappa shape index (κ3) is 4.11. The van der Waals surface area contributed by atoms with E-state index in [9.17, 15) is 13.6 Å². The Morgan fingerprint density at radius 3 is 2.46 bits per heavy atom. The van der Waals surface area contributed by atoms with Crippen LogP contribution in [-0.4, -0.2) is 47.1 Å². The standard InChI is InChI=1S/C20H23F2N5O/c21-15-2-1-14(11-16(15)22)27-9-6-13(7-10-27)25-17-3-4-18(17)26-20(28)19-5-8-23-12-24-19/h1-2,5,8,11-13,17-18,25H,3-4,6-7,9-10H2,(H,26,28)/t17-,18+/m1/s1. The number of aromatic nitrogens is 2. The molecule has 0 spiro atoms. The van der Waals surface area contributed by atoms with Gasteiger partial charge in [0.25, 0.3) is 5.91 Å². The number of carbonyl (C=O) groups excluding carboxylic acids is 1. The lowest BCUT2D eigenvalue weighted by molar-refractivity contribution is 0.0881. The molecule has 2 aromatic rings. The fourth-order valence-electron chi connectivity index (χ4n) is 3.83. The van der Waals surface area contributed by atoms with E-state index in [4.69, 9.17) is 0 Å². The Hall–Kier alpha value is -2.61. The van der Waals surface area contributed by atoms with Crippen LogP contribution in [0.4, 0.5) is 14.5 Å². The molecule has 2 fully saturated rings. The summed E-state index contributed by atoms with van der Waals surface area (Å²) in [5.74, 6) is -1.80. The van der Waals surface area contributed by atoms with E-state index in [0.717, 1.165) is 44.5 Å². The Balaban J connectivity index is 1.25. The molecule has 4 rings (SSSR count). The average molecular weight is 387 g/mol. The topological polar surface area (TPSA) is 70.2 Å². The molecule has 2 N–H and O–H groups in total. The molecule has 28 heavy (non-hydrogen) atoms. The highest BCUT2D eigenvalue weighted by molar-refractivity contribution is 5.92. The van der Waals surface area contributed by atoms with Gasteiger partial charge >= 0.3 is 0 Å². The van der Waals surface area contributed by atoms with E-state index >= 15 is 0 Å². The lowest BCUT2D eigenvalue weighted by Crippen LogP contribution is -2.60. The van der Waals surface area contributed by atoms with Crippen molar-refractivity contribution in [3.8, 4) is 0 Å². The number of hydrogen-bond donors (Lipinski definition) is 2. The molecule has 8 heteroatoms. The Labute approximate surface area is 162 Å². The Bertz CT molecular complexity index is 827. The van der Waals surface area contributed by atoms with Crippen LogP contribution in [0.15, 0.2) is 36.8 Å². The molecule has 148 valence electrons. The van der Waals surface area contributed by atoms with E-state index < -0.39 is 11.6 Å². The van der Waals surface area contributed by atoms with Gasteiger partial charge in [-0.2, -0.15) is 0 Å². The number of rotatable bonds is 5. The van der Waals surface area contributed by atoms with Crippen molar-refractivity contribution in [3.63, 3.8) is 0 Å². The number of amides is 1. The van der Waals surface area contributed by atoms with Gasteiger partial charge < -0.3 is 15.5 Å². The monoisotopic (exact) mass is 387 g/mol. The zero-order valence-electron chi connectivity index (χ0n) is 15.4. The number of carbonyl (C=O) groups is 1. The summed E-state index contributed by atoms with van der Waals surface area (Å²) in [6, 6.07) is 6.37. The van der Waals surface area contributed by atoms with Crippen LogP contribution in [0, 0.1) is 11.6 Å². The largest absolute Gasteiger partial charge is 0.371 e. The first-order valence-corrected chi connectivity index (χ1v) is 9.63. The van der Waals surface area contributed by atoms with Crippen molar-refractivity contribution in [2.75, 3.05) is 18.0 Å². The molecule has 6 nitrogen and oxygen atoms in total. The van der Waals surface area contributed by atoms with E-state index in [-0.39, 0.29) is 18.0 Å². The molecule has 0 bridgehead atoms. The molecule has 1 saturated carbocycles. The van der Waals surface area contributed by atoms with Crippen LogP contribution in [0.2, 0.25) is 0 Å². The molecule has 1 amide bonds. The Morgan fingerprint density at radius 1 is 1.04 bits per heavy atom. The minimum atomic E-state index is -0.819. The van der Waals surface area contributed by atoms with Gasteiger partial charge in [-0.05, 0) is 43.9 Å². The fourth-order valence-corrected chi connectivity index (χ4v) is 3.83. The maximum absolute atomic E-state index is 13.4. The van der Waals surface area contributed by atoms with Crippen LogP contribution < -0.4 is 15.5 Å². The molecule has 0 unspecified atom stereocenters. The smallest absolute Gasteiger partial charge is 0.270 e. The minimum absolute atomic E-state index is 0.103. The molecule has 2 atom stereocenters. The first-order valence-electron chi connectivity index (χ1n) is 9.63. The Morgan fingerprint density at radius 2 is 1.82 bits per heavy atom. The summed E-state index contributed by atoms with van der Waals surface area (Å²) in [4.78, 5) is 22.1. The van der Waals surface area contributed by atoms with Crippen LogP contribution >= 0.6 is 0 Å². The van der Waals surface area contributed by atoms with Crippen molar-refractivity contribution in [2.24, 2.45) is 0 Å². The third-order valence-electron chi connectivity index (χ3n) is 5.62. The van der Waals surface area contributed by atoms with Crippen LogP contribution in [0.3, 0.4) is 0 Å². The summed E-state index contributed by atoms with van der Waals surface area (Å²) in [5.41, 5.74) is 1.09. The second-order valence-electron chi connectivity index (χ2n) is 7.38. The van der Waals surface area contributed by atoms with Crippen molar-refractivity contribution >= 4 is 11.6 Å². The van der Waals surface area contributed by atoms with E-state index in [1.165, 1.54) is 18.5 Å². The number of benzene rings is 1. The van der Waals surface area contributed by atoms with E-state index in [1.54, 1.807) is 18.3 Å². The summed E-state index contributed by atoms with van der Waals surface area (Å²) in [6.07, 6.45) is 6.73. The van der Waals surface area contributed by atoms with Gasteiger partial charge in [0, 0.05) is 49.2 Å². The van der Waals surface area contributed by atoms with E-state index in [2.05, 4.69) is 25.5 Å². The van der Waals surface area contributed by atoms with Crippen molar-refractivity contribution in [1.29, 1.82) is 0 Å². The maximum Gasteiger partial charge on any atom is 0.270 e. The molecule has 1 saturated heterocycles. The zero-order chi connectivity index (χ0) is 19.5. The van der Waals surface area contributed by atoms with Gasteiger partial charge in [0.15, 0.2) is 11.6 Å². The summed E-state index contributed by atoms with van der Waals surface area (Å²) >= 11 is 0. The van der Waals surface area contributed by atoms with Gasteiger partial charge in [-0.3, -0.25) is 4.79 Å². The molecule has 1 aromatic carbocycles. The van der Waals surface area contributed by atoms with Crippen molar-refractivity contribution < 1.29 is 13.6 Å². The van der Waals surface area contributed by atoms with Gasteiger partial charge in [-0.25, -0.2) is 18.7 Å². The average Bonchev–Trinajstić information content (AvgIpc) is 2.72. The molecule has 1 aromatic heterocycles. The second-order valence-corrected chi connectivity index (χ2v) is 7.38. The van der Waals surface area contributed by atoms with Gasteiger partial charge in [-0.15, -0.1) is 0 Å². The first kappa shape index (κ1) is 18.7. The highest BCUT2D eigenvalue weighted by Crippen LogP contribution is 2.25. The number of nitrogens with one attached hydrogen (secondary N) is 2. The predicted octanol–water partition coefficient (Wildman–Crippen LogP) is 2.27.